The first-order chi connectivity index (χ1) is 9.46. The number of nitrogens with one attached hydrogen (secondary N) is 1. The standard InChI is InChI=1S/C14H14N2O3S/c1-20(18,19)16-15-14(11-5-3-2-4-6-11)12-7-9-13(17)10-8-12/h2-10,16-17H,1H3/b15-14+. The van der Waals surface area contributed by atoms with Gasteiger partial charge in [-0.1, -0.05) is 30.3 Å². The van der Waals surface area contributed by atoms with Crippen molar-refractivity contribution in [1.82, 2.24) is 4.83 Å². The Morgan fingerprint density at radius 1 is 1.00 bits per heavy atom. The van der Waals surface area contributed by atoms with E-state index < -0.39 is 10.0 Å². The lowest BCUT2D eigenvalue weighted by molar-refractivity contribution is 0.475. The minimum atomic E-state index is -3.43. The van der Waals surface area contributed by atoms with Crippen molar-refractivity contribution in [3.8, 4) is 5.75 Å². The number of hydrazone groups is 1. The zero-order valence-corrected chi connectivity index (χ0v) is 11.6. The summed E-state index contributed by atoms with van der Waals surface area (Å²) in [5, 5.41) is 13.3. The lowest BCUT2D eigenvalue weighted by Crippen LogP contribution is -2.19. The van der Waals surface area contributed by atoms with Gasteiger partial charge in [0.05, 0.1) is 12.0 Å². The van der Waals surface area contributed by atoms with E-state index in [9.17, 15) is 13.5 Å². The number of aromatic hydroxyl groups is 1. The fraction of sp³-hybridized carbons (Fsp3) is 0.0714. The van der Waals surface area contributed by atoms with Gasteiger partial charge in [-0.3, -0.25) is 0 Å². The quantitative estimate of drug-likeness (QED) is 0.664. The molecule has 0 fully saturated rings. The zero-order valence-electron chi connectivity index (χ0n) is 10.8. The molecule has 5 nitrogen and oxygen atoms in total. The third-order valence-electron chi connectivity index (χ3n) is 2.51. The van der Waals surface area contributed by atoms with E-state index in [1.54, 1.807) is 12.1 Å². The summed E-state index contributed by atoms with van der Waals surface area (Å²) >= 11 is 0. The first kappa shape index (κ1) is 14.1. The molecule has 2 aromatic rings. The predicted molar refractivity (Wildman–Crippen MR) is 78.2 cm³/mol. The first-order valence-corrected chi connectivity index (χ1v) is 7.74. The van der Waals surface area contributed by atoms with Crippen molar-refractivity contribution in [1.29, 1.82) is 0 Å². The minimum Gasteiger partial charge on any atom is -0.508 e. The van der Waals surface area contributed by atoms with Gasteiger partial charge >= 0.3 is 0 Å². The Bertz CT molecular complexity index is 708. The van der Waals surface area contributed by atoms with E-state index in [1.165, 1.54) is 12.1 Å². The summed E-state index contributed by atoms with van der Waals surface area (Å²) in [5.74, 6) is 0.136. The van der Waals surface area contributed by atoms with E-state index in [4.69, 9.17) is 0 Å². The highest BCUT2D eigenvalue weighted by Gasteiger charge is 2.08. The predicted octanol–water partition coefficient (Wildman–Crippen LogP) is 1.69. The summed E-state index contributed by atoms with van der Waals surface area (Å²) in [6.45, 7) is 0. The third-order valence-corrected chi connectivity index (χ3v) is 2.93. The van der Waals surface area contributed by atoms with E-state index >= 15 is 0 Å². The number of hydrogen-bond donors (Lipinski definition) is 2. The minimum absolute atomic E-state index is 0.136. The second-order valence-corrected chi connectivity index (χ2v) is 5.96. The molecule has 0 unspecified atom stereocenters. The molecule has 0 amide bonds. The average Bonchev–Trinajstić information content (AvgIpc) is 2.41. The molecule has 2 rings (SSSR count). The highest BCUT2D eigenvalue weighted by Crippen LogP contribution is 2.14. The van der Waals surface area contributed by atoms with Crippen LogP contribution in [0, 0.1) is 0 Å². The Hall–Kier alpha value is -2.34. The van der Waals surface area contributed by atoms with E-state index in [2.05, 4.69) is 9.93 Å². The van der Waals surface area contributed by atoms with E-state index in [0.717, 1.165) is 11.8 Å². The first-order valence-electron chi connectivity index (χ1n) is 5.85. The van der Waals surface area contributed by atoms with Crippen molar-refractivity contribution < 1.29 is 13.5 Å². The second-order valence-electron chi connectivity index (χ2n) is 4.24. The van der Waals surface area contributed by atoms with Gasteiger partial charge in [0.2, 0.25) is 10.0 Å². The summed E-state index contributed by atoms with van der Waals surface area (Å²) in [4.78, 5) is 2.13. The van der Waals surface area contributed by atoms with E-state index in [-0.39, 0.29) is 5.75 Å². The number of phenolic OH excluding ortho intramolecular Hbond substituents is 1. The van der Waals surface area contributed by atoms with Crippen LogP contribution in [0.25, 0.3) is 0 Å². The van der Waals surface area contributed by atoms with Crippen LogP contribution in [-0.2, 0) is 10.0 Å². The van der Waals surface area contributed by atoms with Crippen LogP contribution in [0.3, 0.4) is 0 Å². The lowest BCUT2D eigenvalue weighted by atomic mass is 10.0. The van der Waals surface area contributed by atoms with Crippen molar-refractivity contribution in [3.05, 3.63) is 65.7 Å². The van der Waals surface area contributed by atoms with E-state index in [0.29, 0.717) is 11.3 Å². The van der Waals surface area contributed by atoms with Crippen molar-refractivity contribution in [2.45, 2.75) is 0 Å². The molecule has 0 bridgehead atoms. The molecule has 2 aromatic carbocycles. The van der Waals surface area contributed by atoms with Gasteiger partial charge in [-0.25, -0.2) is 13.2 Å². The Morgan fingerprint density at radius 2 is 1.55 bits per heavy atom. The molecule has 0 radical (unpaired) electrons. The van der Waals surface area contributed by atoms with Gasteiger partial charge in [0, 0.05) is 11.1 Å². The van der Waals surface area contributed by atoms with E-state index in [1.807, 2.05) is 30.3 Å². The summed E-state index contributed by atoms with van der Waals surface area (Å²) in [7, 11) is -3.43. The largest absolute Gasteiger partial charge is 0.508 e. The van der Waals surface area contributed by atoms with Crippen molar-refractivity contribution in [2.24, 2.45) is 5.10 Å². The lowest BCUT2D eigenvalue weighted by Gasteiger charge is -2.07. The number of rotatable bonds is 4. The monoisotopic (exact) mass is 290 g/mol. The fourth-order valence-corrected chi connectivity index (χ4v) is 1.90. The molecule has 104 valence electrons. The summed E-state index contributed by atoms with van der Waals surface area (Å²) < 4.78 is 22.4. The molecule has 0 aliphatic rings. The number of benzene rings is 2. The summed E-state index contributed by atoms with van der Waals surface area (Å²) in [6, 6.07) is 15.6. The normalized spacial score (nSPS) is 12.2. The van der Waals surface area contributed by atoms with Gasteiger partial charge < -0.3 is 5.11 Å². The smallest absolute Gasteiger partial charge is 0.244 e. The van der Waals surface area contributed by atoms with Gasteiger partial charge in [-0.2, -0.15) is 5.10 Å². The maximum atomic E-state index is 11.2. The maximum Gasteiger partial charge on any atom is 0.244 e. The van der Waals surface area contributed by atoms with Gasteiger partial charge in [-0.05, 0) is 24.3 Å². The molecule has 20 heavy (non-hydrogen) atoms. The SMILES string of the molecule is CS(=O)(=O)N/N=C(\c1ccccc1)c1ccc(O)cc1. The number of phenols is 1. The molecule has 0 atom stereocenters. The number of sulfonamides is 1. The molecule has 0 heterocycles. The van der Waals surface area contributed by atoms with Crippen LogP contribution in [0.1, 0.15) is 11.1 Å². The molecule has 0 saturated carbocycles. The van der Waals surface area contributed by atoms with Crippen LogP contribution < -0.4 is 4.83 Å². The third kappa shape index (κ3) is 3.83. The zero-order chi connectivity index (χ0) is 14.6. The molecule has 0 saturated heterocycles. The Balaban J connectivity index is 2.47. The average molecular weight is 290 g/mol. The molecular formula is C14H14N2O3S. The number of nitrogens with zero attached hydrogens (tertiary/aromatic N) is 1. The summed E-state index contributed by atoms with van der Waals surface area (Å²) in [6.07, 6.45) is 1.04. The Labute approximate surface area is 117 Å². The molecular weight excluding hydrogens is 276 g/mol. The number of hydrogen-bond acceptors (Lipinski definition) is 4. The maximum absolute atomic E-state index is 11.2. The van der Waals surface area contributed by atoms with Gasteiger partial charge in [0.25, 0.3) is 0 Å². The van der Waals surface area contributed by atoms with Crippen LogP contribution in [0.4, 0.5) is 0 Å². The Morgan fingerprint density at radius 3 is 2.10 bits per heavy atom. The molecule has 2 N–H and O–H groups in total. The van der Waals surface area contributed by atoms with Gasteiger partial charge in [0.15, 0.2) is 0 Å². The van der Waals surface area contributed by atoms with Crippen molar-refractivity contribution in [2.75, 3.05) is 6.26 Å². The van der Waals surface area contributed by atoms with Crippen LogP contribution in [0.5, 0.6) is 5.75 Å². The Kier molecular flexibility index (Phi) is 4.05. The fourth-order valence-electron chi connectivity index (χ4n) is 1.64. The molecule has 0 spiro atoms. The van der Waals surface area contributed by atoms with Crippen LogP contribution in [-0.4, -0.2) is 25.5 Å². The molecule has 0 aromatic heterocycles. The summed E-state index contributed by atoms with van der Waals surface area (Å²) in [5.41, 5.74) is 1.95. The highest BCUT2D eigenvalue weighted by atomic mass is 32.2. The highest BCUT2D eigenvalue weighted by molar-refractivity contribution is 7.88. The molecule has 0 aliphatic heterocycles. The van der Waals surface area contributed by atoms with Crippen molar-refractivity contribution >= 4 is 15.7 Å². The van der Waals surface area contributed by atoms with Gasteiger partial charge in [0.1, 0.15) is 5.75 Å². The second kappa shape index (κ2) is 5.75. The topological polar surface area (TPSA) is 78.8 Å². The van der Waals surface area contributed by atoms with Crippen LogP contribution in [0.15, 0.2) is 59.7 Å². The van der Waals surface area contributed by atoms with Crippen molar-refractivity contribution in [3.63, 3.8) is 0 Å². The van der Waals surface area contributed by atoms with Crippen LogP contribution in [0.2, 0.25) is 0 Å². The molecule has 6 heteroatoms. The van der Waals surface area contributed by atoms with Gasteiger partial charge in [-0.15, -0.1) is 0 Å². The van der Waals surface area contributed by atoms with Crippen LogP contribution >= 0.6 is 0 Å². The molecule has 0 aliphatic carbocycles.